The molecule has 1 aromatic carbocycles. The van der Waals surface area contributed by atoms with Crippen molar-refractivity contribution in [2.75, 3.05) is 7.05 Å². The highest BCUT2D eigenvalue weighted by Crippen LogP contribution is 2.39. The topological polar surface area (TPSA) is 71.7 Å². The Morgan fingerprint density at radius 1 is 1.32 bits per heavy atom. The molecule has 6 nitrogen and oxygen atoms in total. The van der Waals surface area contributed by atoms with Gasteiger partial charge in [-0.3, -0.25) is 4.99 Å². The van der Waals surface area contributed by atoms with Crippen molar-refractivity contribution in [3.63, 3.8) is 0 Å². The summed E-state index contributed by atoms with van der Waals surface area (Å²) >= 11 is 0. The molecular formula is C19H26N4O2. The minimum absolute atomic E-state index is 0.135. The maximum atomic E-state index is 6.09. The van der Waals surface area contributed by atoms with E-state index in [2.05, 4.69) is 40.7 Å². The molecule has 6 heteroatoms. The number of fused-ring (bicyclic) bond motifs is 1. The van der Waals surface area contributed by atoms with Crippen LogP contribution in [0.15, 0.2) is 33.8 Å². The molecule has 0 fully saturated rings. The first-order valence-corrected chi connectivity index (χ1v) is 8.56. The van der Waals surface area contributed by atoms with E-state index in [1.54, 1.807) is 7.05 Å². The first-order chi connectivity index (χ1) is 11.9. The number of aromatic nitrogens is 1. The van der Waals surface area contributed by atoms with Gasteiger partial charge in [0.05, 0.1) is 11.7 Å². The van der Waals surface area contributed by atoms with E-state index in [9.17, 15) is 0 Å². The van der Waals surface area contributed by atoms with Crippen LogP contribution in [0.3, 0.4) is 0 Å². The van der Waals surface area contributed by atoms with E-state index < -0.39 is 0 Å². The molecule has 0 aliphatic carbocycles. The molecule has 0 saturated carbocycles. The lowest BCUT2D eigenvalue weighted by Crippen LogP contribution is -2.45. The second-order valence-corrected chi connectivity index (χ2v) is 7.03. The molecule has 1 aliphatic heterocycles. The van der Waals surface area contributed by atoms with Crippen molar-refractivity contribution in [1.29, 1.82) is 0 Å². The summed E-state index contributed by atoms with van der Waals surface area (Å²) in [6, 6.07) is 8.29. The molecule has 0 bridgehead atoms. The summed E-state index contributed by atoms with van der Waals surface area (Å²) < 4.78 is 11.3. The van der Waals surface area contributed by atoms with Crippen LogP contribution >= 0.6 is 0 Å². The molecule has 0 saturated heterocycles. The van der Waals surface area contributed by atoms with Gasteiger partial charge in [0, 0.05) is 31.1 Å². The highest BCUT2D eigenvalue weighted by Gasteiger charge is 2.33. The lowest BCUT2D eigenvalue weighted by molar-refractivity contribution is 0.0694. The van der Waals surface area contributed by atoms with Crippen molar-refractivity contribution < 1.29 is 9.26 Å². The Kier molecular flexibility index (Phi) is 4.70. The summed E-state index contributed by atoms with van der Waals surface area (Å²) in [6.45, 7) is 8.70. The molecule has 1 aliphatic rings. The van der Waals surface area contributed by atoms with E-state index in [0.29, 0.717) is 6.54 Å². The molecule has 0 amide bonds. The lowest BCUT2D eigenvalue weighted by atomic mass is 9.90. The number of aliphatic imine (C=N–C) groups is 1. The predicted octanol–water partition coefficient (Wildman–Crippen LogP) is 3.26. The Morgan fingerprint density at radius 2 is 2.08 bits per heavy atom. The molecular weight excluding hydrogens is 316 g/mol. The van der Waals surface area contributed by atoms with Crippen LogP contribution in [-0.4, -0.2) is 23.8 Å². The molecule has 25 heavy (non-hydrogen) atoms. The molecule has 1 unspecified atom stereocenters. The molecule has 1 aromatic heterocycles. The largest absolute Gasteiger partial charge is 0.487 e. The van der Waals surface area contributed by atoms with Crippen molar-refractivity contribution in [1.82, 2.24) is 15.8 Å². The van der Waals surface area contributed by atoms with E-state index >= 15 is 0 Å². The van der Waals surface area contributed by atoms with Crippen LogP contribution in [-0.2, 0) is 6.54 Å². The van der Waals surface area contributed by atoms with Gasteiger partial charge in [0.2, 0.25) is 0 Å². The van der Waals surface area contributed by atoms with Crippen LogP contribution in [0.1, 0.15) is 48.9 Å². The third kappa shape index (κ3) is 3.78. The van der Waals surface area contributed by atoms with Gasteiger partial charge in [-0.2, -0.15) is 0 Å². The van der Waals surface area contributed by atoms with Gasteiger partial charge in [0.15, 0.2) is 5.96 Å². The van der Waals surface area contributed by atoms with E-state index in [-0.39, 0.29) is 11.6 Å². The van der Waals surface area contributed by atoms with Gasteiger partial charge >= 0.3 is 0 Å². The number of benzene rings is 1. The summed E-state index contributed by atoms with van der Waals surface area (Å²) in [5.41, 5.74) is 2.89. The third-order valence-corrected chi connectivity index (χ3v) is 4.52. The summed E-state index contributed by atoms with van der Waals surface area (Å²) in [6.07, 6.45) is 0.857. The second-order valence-electron chi connectivity index (χ2n) is 7.03. The Bertz CT molecular complexity index is 760. The fraction of sp³-hybridized carbons (Fsp3) is 0.474. The highest BCUT2D eigenvalue weighted by atomic mass is 16.5. The zero-order valence-corrected chi connectivity index (χ0v) is 15.5. The first-order valence-electron chi connectivity index (χ1n) is 8.56. The summed E-state index contributed by atoms with van der Waals surface area (Å²) in [4.78, 5) is 4.36. The zero-order valence-electron chi connectivity index (χ0n) is 15.5. The quantitative estimate of drug-likeness (QED) is 0.662. The minimum atomic E-state index is -0.230. The van der Waals surface area contributed by atoms with Crippen LogP contribution in [0.25, 0.3) is 0 Å². The SMILES string of the molecule is CN=C(NCc1c(C)noc1C)NC1CC(C)(C)Oc2ccccc21. The molecule has 134 valence electrons. The Morgan fingerprint density at radius 3 is 2.76 bits per heavy atom. The number of hydrogen-bond donors (Lipinski definition) is 2. The van der Waals surface area contributed by atoms with Crippen molar-refractivity contribution >= 4 is 5.96 Å². The number of para-hydroxylation sites is 1. The van der Waals surface area contributed by atoms with Gasteiger partial charge in [0.25, 0.3) is 0 Å². The van der Waals surface area contributed by atoms with Gasteiger partial charge in [-0.25, -0.2) is 0 Å². The maximum Gasteiger partial charge on any atom is 0.191 e. The number of rotatable bonds is 3. The third-order valence-electron chi connectivity index (χ3n) is 4.52. The Balaban J connectivity index is 1.73. The predicted molar refractivity (Wildman–Crippen MR) is 97.8 cm³/mol. The lowest BCUT2D eigenvalue weighted by Gasteiger charge is -2.38. The maximum absolute atomic E-state index is 6.09. The van der Waals surface area contributed by atoms with Crippen LogP contribution in [0.2, 0.25) is 0 Å². The standard InChI is InChI=1S/C19H26N4O2/c1-12-15(13(2)25-23-12)11-21-18(20-5)22-16-10-19(3,4)24-17-9-7-6-8-14(16)17/h6-9,16H,10-11H2,1-5H3,(H2,20,21,22). The molecule has 2 heterocycles. The normalized spacial score (nSPS) is 19.1. The molecule has 2 N–H and O–H groups in total. The number of nitrogens with one attached hydrogen (secondary N) is 2. The van der Waals surface area contributed by atoms with Gasteiger partial charge in [-0.05, 0) is 33.8 Å². The molecule has 1 atom stereocenters. The average Bonchev–Trinajstić information content (AvgIpc) is 2.88. The van der Waals surface area contributed by atoms with Crippen molar-refractivity contribution in [2.24, 2.45) is 4.99 Å². The van der Waals surface area contributed by atoms with Crippen molar-refractivity contribution in [3.05, 3.63) is 46.8 Å². The smallest absolute Gasteiger partial charge is 0.191 e. The summed E-state index contributed by atoms with van der Waals surface area (Å²) in [7, 11) is 1.78. The van der Waals surface area contributed by atoms with Gasteiger partial charge in [0.1, 0.15) is 17.1 Å². The van der Waals surface area contributed by atoms with Crippen molar-refractivity contribution in [2.45, 2.75) is 52.3 Å². The highest BCUT2D eigenvalue weighted by molar-refractivity contribution is 5.80. The van der Waals surface area contributed by atoms with E-state index in [1.807, 2.05) is 32.0 Å². The average molecular weight is 342 g/mol. The Hall–Kier alpha value is -2.50. The first kappa shape index (κ1) is 17.3. The zero-order chi connectivity index (χ0) is 18.0. The van der Waals surface area contributed by atoms with Crippen LogP contribution in [0.5, 0.6) is 5.75 Å². The summed E-state index contributed by atoms with van der Waals surface area (Å²) in [5, 5.41) is 10.9. The van der Waals surface area contributed by atoms with Crippen LogP contribution in [0.4, 0.5) is 0 Å². The van der Waals surface area contributed by atoms with Crippen molar-refractivity contribution in [3.8, 4) is 5.75 Å². The van der Waals surface area contributed by atoms with E-state index in [1.165, 1.54) is 0 Å². The van der Waals surface area contributed by atoms with Gasteiger partial charge < -0.3 is 19.9 Å². The minimum Gasteiger partial charge on any atom is -0.487 e. The fourth-order valence-electron chi connectivity index (χ4n) is 3.22. The second kappa shape index (κ2) is 6.78. The number of aryl methyl sites for hydroxylation is 2. The van der Waals surface area contributed by atoms with Crippen LogP contribution < -0.4 is 15.4 Å². The monoisotopic (exact) mass is 342 g/mol. The molecule has 2 aromatic rings. The number of nitrogens with zero attached hydrogens (tertiary/aromatic N) is 2. The van der Waals surface area contributed by atoms with E-state index in [0.717, 1.165) is 40.7 Å². The van der Waals surface area contributed by atoms with Gasteiger partial charge in [-0.1, -0.05) is 23.4 Å². The fourth-order valence-corrected chi connectivity index (χ4v) is 3.22. The number of hydrogen-bond acceptors (Lipinski definition) is 4. The molecule has 0 spiro atoms. The summed E-state index contributed by atoms with van der Waals surface area (Å²) in [5.74, 6) is 2.51. The molecule has 3 rings (SSSR count). The van der Waals surface area contributed by atoms with Crippen LogP contribution in [0, 0.1) is 13.8 Å². The van der Waals surface area contributed by atoms with E-state index in [4.69, 9.17) is 9.26 Å². The number of ether oxygens (including phenoxy) is 1. The molecule has 0 radical (unpaired) electrons. The van der Waals surface area contributed by atoms with Gasteiger partial charge in [-0.15, -0.1) is 0 Å². The Labute approximate surface area is 148 Å². The number of guanidine groups is 1.